The highest BCUT2D eigenvalue weighted by atomic mass is 79.9. The molecule has 1 aliphatic carbocycles. The Kier molecular flexibility index (Phi) is 4.87. The molecule has 1 aliphatic rings. The first-order chi connectivity index (χ1) is 11.0. The molecule has 7 heteroatoms. The van der Waals surface area contributed by atoms with Crippen molar-refractivity contribution in [2.75, 3.05) is 5.32 Å². The lowest BCUT2D eigenvalue weighted by molar-refractivity contribution is 0.102. The number of H-pyrrole nitrogens is 1. The first-order valence-electron chi connectivity index (χ1n) is 8.03. The Morgan fingerprint density at radius 1 is 1.52 bits per heavy atom. The van der Waals surface area contributed by atoms with Crippen LogP contribution in [0.1, 0.15) is 66.3 Å². The smallest absolute Gasteiger partial charge is 0.279 e. The van der Waals surface area contributed by atoms with Gasteiger partial charge in [0.05, 0.1) is 15.9 Å². The van der Waals surface area contributed by atoms with Crippen LogP contribution in [0.25, 0.3) is 0 Å². The Balaban J connectivity index is 1.75. The van der Waals surface area contributed by atoms with Gasteiger partial charge in [0.2, 0.25) is 0 Å². The van der Waals surface area contributed by atoms with Crippen molar-refractivity contribution in [1.82, 2.24) is 15.2 Å². The van der Waals surface area contributed by atoms with Crippen molar-refractivity contribution >= 4 is 38.3 Å². The van der Waals surface area contributed by atoms with Crippen LogP contribution in [0.5, 0.6) is 0 Å². The minimum Gasteiger partial charge on any atom is -0.296 e. The van der Waals surface area contributed by atoms with Crippen LogP contribution in [0.4, 0.5) is 5.13 Å². The minimum atomic E-state index is -0.224. The molecule has 1 amide bonds. The maximum atomic E-state index is 12.4. The number of nitrogens with zero attached hydrogens (tertiary/aromatic N) is 2. The average molecular weight is 397 g/mol. The molecule has 3 rings (SSSR count). The molecular weight excluding hydrogens is 376 g/mol. The van der Waals surface area contributed by atoms with E-state index in [1.54, 1.807) is 11.3 Å². The molecule has 2 aromatic heterocycles. The van der Waals surface area contributed by atoms with E-state index in [1.165, 1.54) is 17.7 Å². The van der Waals surface area contributed by atoms with Crippen molar-refractivity contribution in [1.29, 1.82) is 0 Å². The lowest BCUT2D eigenvalue weighted by Gasteiger charge is -2.18. The van der Waals surface area contributed by atoms with E-state index >= 15 is 0 Å². The number of hydrogen-bond donors (Lipinski definition) is 2. The maximum absolute atomic E-state index is 12.4. The molecule has 1 atom stereocenters. The van der Waals surface area contributed by atoms with Crippen molar-refractivity contribution < 1.29 is 4.79 Å². The monoisotopic (exact) mass is 396 g/mol. The quantitative estimate of drug-likeness (QED) is 0.797. The number of thiazole rings is 1. The number of amides is 1. The molecule has 0 fully saturated rings. The zero-order valence-electron chi connectivity index (χ0n) is 13.6. The maximum Gasteiger partial charge on any atom is 0.279 e. The summed E-state index contributed by atoms with van der Waals surface area (Å²) in [6.07, 6.45) is 4.51. The number of aryl methyl sites for hydroxylation is 1. The first-order valence-corrected chi connectivity index (χ1v) is 9.64. The minimum absolute atomic E-state index is 0.224. The van der Waals surface area contributed by atoms with Crippen LogP contribution < -0.4 is 5.32 Å². The van der Waals surface area contributed by atoms with Crippen LogP contribution in [0.3, 0.4) is 0 Å². The van der Waals surface area contributed by atoms with Gasteiger partial charge >= 0.3 is 0 Å². The van der Waals surface area contributed by atoms with E-state index in [-0.39, 0.29) is 11.8 Å². The van der Waals surface area contributed by atoms with E-state index in [4.69, 9.17) is 0 Å². The normalized spacial score (nSPS) is 17.3. The highest BCUT2D eigenvalue weighted by molar-refractivity contribution is 9.10. The van der Waals surface area contributed by atoms with Crippen LogP contribution in [-0.2, 0) is 12.8 Å². The molecule has 2 N–H and O–H groups in total. The number of nitrogens with one attached hydrogen (secondary N) is 2. The van der Waals surface area contributed by atoms with Gasteiger partial charge in [-0.15, -0.1) is 11.3 Å². The summed E-state index contributed by atoms with van der Waals surface area (Å²) in [5.41, 5.74) is 2.46. The van der Waals surface area contributed by atoms with Gasteiger partial charge in [-0.3, -0.25) is 15.2 Å². The number of carbonyl (C=O) groups excluding carboxylic acids is 1. The van der Waals surface area contributed by atoms with Crippen LogP contribution in [0.15, 0.2) is 4.47 Å². The average Bonchev–Trinajstić information content (AvgIpc) is 3.08. The fourth-order valence-electron chi connectivity index (χ4n) is 2.88. The van der Waals surface area contributed by atoms with Gasteiger partial charge < -0.3 is 0 Å². The number of rotatable bonds is 4. The molecule has 2 heterocycles. The van der Waals surface area contributed by atoms with Crippen molar-refractivity contribution in [2.45, 2.75) is 52.4 Å². The van der Waals surface area contributed by atoms with Crippen molar-refractivity contribution in [3.05, 3.63) is 26.4 Å². The van der Waals surface area contributed by atoms with Gasteiger partial charge in [0.25, 0.3) is 5.91 Å². The number of anilines is 1. The van der Waals surface area contributed by atoms with Crippen LogP contribution >= 0.6 is 27.3 Å². The predicted molar refractivity (Wildman–Crippen MR) is 96.2 cm³/mol. The highest BCUT2D eigenvalue weighted by Gasteiger charge is 2.24. The van der Waals surface area contributed by atoms with Crippen LogP contribution in [0.2, 0.25) is 0 Å². The van der Waals surface area contributed by atoms with Gasteiger partial charge in [-0.05, 0) is 47.0 Å². The van der Waals surface area contributed by atoms with E-state index in [2.05, 4.69) is 57.2 Å². The zero-order valence-corrected chi connectivity index (χ0v) is 16.0. The van der Waals surface area contributed by atoms with Gasteiger partial charge in [-0.2, -0.15) is 5.10 Å². The molecule has 1 unspecified atom stereocenters. The van der Waals surface area contributed by atoms with E-state index < -0.39 is 0 Å². The Labute approximate surface area is 148 Å². The molecule has 0 saturated carbocycles. The van der Waals surface area contributed by atoms with Gasteiger partial charge in [0.15, 0.2) is 10.8 Å². The Morgan fingerprint density at radius 3 is 2.96 bits per heavy atom. The Morgan fingerprint density at radius 2 is 2.30 bits per heavy atom. The van der Waals surface area contributed by atoms with E-state index in [1.807, 2.05) is 0 Å². The molecule has 23 heavy (non-hydrogen) atoms. The van der Waals surface area contributed by atoms with Gasteiger partial charge in [0.1, 0.15) is 0 Å². The molecule has 0 bridgehead atoms. The molecule has 2 aromatic rings. The van der Waals surface area contributed by atoms with E-state index in [0.29, 0.717) is 10.8 Å². The summed E-state index contributed by atoms with van der Waals surface area (Å²) < 4.78 is 0.734. The molecule has 0 spiro atoms. The summed E-state index contributed by atoms with van der Waals surface area (Å²) in [6, 6.07) is 0. The van der Waals surface area contributed by atoms with Gasteiger partial charge in [0, 0.05) is 4.88 Å². The molecule has 5 nitrogen and oxygen atoms in total. The molecular formula is C16H21BrN4OS. The van der Waals surface area contributed by atoms with Crippen LogP contribution in [0, 0.1) is 5.92 Å². The number of hydrogen-bond acceptors (Lipinski definition) is 4. The molecule has 124 valence electrons. The third-order valence-electron chi connectivity index (χ3n) is 4.36. The van der Waals surface area contributed by atoms with Crippen molar-refractivity contribution in [2.24, 2.45) is 5.92 Å². The number of halogens is 1. The Hall–Kier alpha value is -1.21. The summed E-state index contributed by atoms with van der Waals surface area (Å²) in [6.45, 7) is 6.35. The van der Waals surface area contributed by atoms with E-state index in [0.717, 1.165) is 34.6 Å². The van der Waals surface area contributed by atoms with Crippen LogP contribution in [-0.4, -0.2) is 21.1 Å². The lowest BCUT2D eigenvalue weighted by Crippen LogP contribution is -2.13. The SMILES string of the molecule is CCC1CCc2nc(NC(=O)c3n[nH]c(C(C)C)c3Br)sc2C1. The fourth-order valence-corrected chi connectivity index (χ4v) is 4.81. The van der Waals surface area contributed by atoms with Crippen molar-refractivity contribution in [3.8, 4) is 0 Å². The summed E-state index contributed by atoms with van der Waals surface area (Å²) in [7, 11) is 0. The van der Waals surface area contributed by atoms with Gasteiger partial charge in [-0.25, -0.2) is 4.98 Å². The molecule has 0 aromatic carbocycles. The second-order valence-corrected chi connectivity index (χ2v) is 8.19. The summed E-state index contributed by atoms with van der Waals surface area (Å²) >= 11 is 5.07. The molecule has 0 saturated heterocycles. The molecule has 0 radical (unpaired) electrons. The number of fused-ring (bicyclic) bond motifs is 1. The number of aromatic amines is 1. The number of aromatic nitrogens is 3. The fraction of sp³-hybridized carbons (Fsp3) is 0.562. The number of carbonyl (C=O) groups is 1. The Bertz CT molecular complexity index is 722. The zero-order chi connectivity index (χ0) is 16.6. The largest absolute Gasteiger partial charge is 0.296 e. The second-order valence-electron chi connectivity index (χ2n) is 6.31. The van der Waals surface area contributed by atoms with E-state index in [9.17, 15) is 4.79 Å². The summed E-state index contributed by atoms with van der Waals surface area (Å²) in [4.78, 5) is 18.4. The van der Waals surface area contributed by atoms with Crippen molar-refractivity contribution in [3.63, 3.8) is 0 Å². The summed E-state index contributed by atoms with van der Waals surface area (Å²) in [5, 5.41) is 10.6. The first kappa shape index (κ1) is 16.6. The third-order valence-corrected chi connectivity index (χ3v) is 6.20. The lowest BCUT2D eigenvalue weighted by atomic mass is 9.89. The standard InChI is InChI=1S/C16H21BrN4OS/c1-4-9-5-6-10-11(7-9)23-16(18-10)19-15(22)14-12(17)13(8(2)3)20-21-14/h8-9H,4-7H2,1-3H3,(H,20,21)(H,18,19,22). The second kappa shape index (κ2) is 6.73. The highest BCUT2D eigenvalue weighted by Crippen LogP contribution is 2.34. The van der Waals surface area contributed by atoms with Gasteiger partial charge in [-0.1, -0.05) is 27.2 Å². The predicted octanol–water partition coefficient (Wildman–Crippen LogP) is 4.52. The third kappa shape index (κ3) is 3.35. The summed E-state index contributed by atoms with van der Waals surface area (Å²) in [5.74, 6) is 0.801. The molecule has 0 aliphatic heterocycles. The topological polar surface area (TPSA) is 70.7 Å².